The van der Waals surface area contributed by atoms with Crippen LogP contribution in [0.1, 0.15) is 65.2 Å². The Morgan fingerprint density at radius 2 is 1.31 bits per heavy atom. The van der Waals surface area contributed by atoms with E-state index in [9.17, 15) is 66.1 Å². The third-order valence-electron chi connectivity index (χ3n) is 16.4. The van der Waals surface area contributed by atoms with E-state index in [1.807, 2.05) is 6.92 Å². The molecule has 0 aromatic carbocycles. The summed E-state index contributed by atoms with van der Waals surface area (Å²) in [6.45, 7) is 1.95. The van der Waals surface area contributed by atoms with E-state index in [-0.39, 0.29) is 36.9 Å². The number of rotatable bonds is 10. The van der Waals surface area contributed by atoms with Crippen LogP contribution in [0.3, 0.4) is 0 Å². The molecule has 0 radical (unpaired) electrons. The van der Waals surface area contributed by atoms with E-state index in [2.05, 4.69) is 0 Å². The zero-order chi connectivity index (χ0) is 43.9. The Bertz CT molecular complexity index is 1600. The molecule has 8 rings (SSSR count). The Balaban J connectivity index is 0.886. The van der Waals surface area contributed by atoms with Crippen molar-refractivity contribution in [1.29, 1.82) is 0 Å². The van der Waals surface area contributed by atoms with Crippen LogP contribution in [0, 0.1) is 34.5 Å². The van der Waals surface area contributed by atoms with Crippen molar-refractivity contribution < 1.29 is 99.2 Å². The molecule has 12 N–H and O–H groups in total. The predicted molar refractivity (Wildman–Crippen MR) is 201 cm³/mol. The Hall–Kier alpha value is -1.51. The summed E-state index contributed by atoms with van der Waals surface area (Å²) in [7, 11) is 0. The van der Waals surface area contributed by atoms with Gasteiger partial charge in [0.15, 0.2) is 18.9 Å². The number of carbonyl (C=O) groups excluding carboxylic acids is 1. The van der Waals surface area contributed by atoms with Gasteiger partial charge in [0, 0.05) is 18.1 Å². The molecule has 0 aromatic rings. The Kier molecular flexibility index (Phi) is 13.1. The standard InChI is InChI=1S/C41H64O20/c1-16-34(60-38-33(53)30(50)35(24(13-43)59-38)61-37-31(51)28(48)27(47)23(12-42)58-37)29(49)32(52)36(56-16)57-19-5-7-40(15-44)18(10-19)3-4-21-22(40)11-25(45)39(2)20(6-8-41(21,39)54)17-9-26(46)55-14-17/h9,16,18-25,27-38,42-45,47-54H,3-8,10-15H2,1-2H3/t16-,18+,19+,20-,21-,22+,23-,24-,25-,27-,28+,29+,30-,31-,32-,33-,34-,35-,36+,37+,38+,39+,40-,41+/m1/s1. The molecule has 61 heavy (non-hydrogen) atoms. The van der Waals surface area contributed by atoms with Gasteiger partial charge in [0.05, 0.1) is 37.1 Å². The van der Waals surface area contributed by atoms with Gasteiger partial charge in [0.1, 0.15) is 73.8 Å². The molecule has 4 saturated carbocycles. The number of carbonyl (C=O) groups is 1. The quantitative estimate of drug-likeness (QED) is 0.0736. The summed E-state index contributed by atoms with van der Waals surface area (Å²) in [4.78, 5) is 12.0. The average molecular weight is 877 g/mol. The smallest absolute Gasteiger partial charge is 0.331 e. The molecule has 20 heteroatoms. The molecule has 24 atom stereocenters. The summed E-state index contributed by atoms with van der Waals surface area (Å²) < 4.78 is 40.1. The molecular weight excluding hydrogens is 812 g/mol. The van der Waals surface area contributed by atoms with Crippen molar-refractivity contribution in [1.82, 2.24) is 0 Å². The molecule has 4 heterocycles. The maximum atomic E-state index is 12.6. The molecule has 0 aromatic heterocycles. The van der Waals surface area contributed by atoms with Crippen molar-refractivity contribution in [2.45, 2.75) is 175 Å². The number of ether oxygens (including phenoxy) is 7. The second-order valence-corrected chi connectivity index (χ2v) is 19.1. The molecule has 348 valence electrons. The second-order valence-electron chi connectivity index (χ2n) is 19.1. The number of hydrogen-bond donors (Lipinski definition) is 12. The van der Waals surface area contributed by atoms with Crippen molar-refractivity contribution in [2.24, 2.45) is 34.5 Å². The van der Waals surface area contributed by atoms with E-state index in [0.29, 0.717) is 51.4 Å². The molecule has 20 nitrogen and oxygen atoms in total. The Labute approximate surface area is 352 Å². The third kappa shape index (κ3) is 7.43. The zero-order valence-electron chi connectivity index (χ0n) is 34.3. The second kappa shape index (κ2) is 17.4. The van der Waals surface area contributed by atoms with Crippen LogP contribution in [0.2, 0.25) is 0 Å². The van der Waals surface area contributed by atoms with Gasteiger partial charge in [-0.3, -0.25) is 0 Å². The first-order chi connectivity index (χ1) is 28.9. The van der Waals surface area contributed by atoms with E-state index < -0.39 is 140 Å². The van der Waals surface area contributed by atoms with E-state index in [4.69, 9.17) is 33.2 Å². The molecule has 4 aliphatic carbocycles. The van der Waals surface area contributed by atoms with Gasteiger partial charge < -0.3 is 94.4 Å². The fourth-order valence-electron chi connectivity index (χ4n) is 12.9. The van der Waals surface area contributed by atoms with Crippen molar-refractivity contribution in [3.05, 3.63) is 11.6 Å². The summed E-state index contributed by atoms with van der Waals surface area (Å²) >= 11 is 0. The van der Waals surface area contributed by atoms with Crippen LogP contribution in [-0.4, -0.2) is 204 Å². The summed E-state index contributed by atoms with van der Waals surface area (Å²) in [5.74, 6) is -1.01. The van der Waals surface area contributed by atoms with Crippen LogP contribution in [0.25, 0.3) is 0 Å². The first-order valence-corrected chi connectivity index (χ1v) is 21.7. The van der Waals surface area contributed by atoms with Crippen molar-refractivity contribution in [3.8, 4) is 0 Å². The first kappa shape index (κ1) is 46.0. The third-order valence-corrected chi connectivity index (χ3v) is 16.4. The molecule has 0 spiro atoms. The highest BCUT2D eigenvalue weighted by atomic mass is 16.8. The predicted octanol–water partition coefficient (Wildman–Crippen LogP) is -3.95. The molecular formula is C41H64O20. The Morgan fingerprint density at radius 3 is 1.95 bits per heavy atom. The van der Waals surface area contributed by atoms with E-state index in [1.54, 1.807) is 6.92 Å². The van der Waals surface area contributed by atoms with E-state index >= 15 is 0 Å². The van der Waals surface area contributed by atoms with Gasteiger partial charge >= 0.3 is 5.97 Å². The topological polar surface area (TPSA) is 324 Å². The summed E-state index contributed by atoms with van der Waals surface area (Å²) in [5.41, 5.74) is -1.89. The van der Waals surface area contributed by atoms with Crippen molar-refractivity contribution in [3.63, 3.8) is 0 Å². The number of aliphatic hydroxyl groups is 12. The first-order valence-electron chi connectivity index (χ1n) is 21.7. The summed E-state index contributed by atoms with van der Waals surface area (Å²) in [6.07, 6.45) is -19.2. The van der Waals surface area contributed by atoms with Gasteiger partial charge in [-0.1, -0.05) is 6.92 Å². The number of esters is 1. The number of fused-ring (bicyclic) bond motifs is 5. The minimum absolute atomic E-state index is 0.0399. The SMILES string of the molecule is C[C@H]1O[C@@H](O[C@H]2CC[C@@]3(CO)[C@@H](CC[C@@H]4[C@@H]3C[C@@H](O)[C@]3(C)[C@@H](C5=CC(=O)OC5)CC[C@]43O)C2)[C@H](O)[C@H](O)[C@@H]1O[C@@H]1O[C@H](CO)[C@@H](O[C@@H]2O[C@H](CO)[C@@H](O)[C@H](O)[C@H]2O)[C@H](O)[C@H]1O. The van der Waals surface area contributed by atoms with Crippen molar-refractivity contribution >= 4 is 5.97 Å². The lowest BCUT2D eigenvalue weighted by atomic mass is 9.42. The highest BCUT2D eigenvalue weighted by Crippen LogP contribution is 2.70. The summed E-state index contributed by atoms with van der Waals surface area (Å²) in [5, 5.41) is 131. The van der Waals surface area contributed by atoms with Crippen LogP contribution in [-0.2, 0) is 38.0 Å². The molecule has 8 aliphatic rings. The zero-order valence-corrected chi connectivity index (χ0v) is 34.3. The van der Waals surface area contributed by atoms with Crippen LogP contribution < -0.4 is 0 Å². The highest BCUT2D eigenvalue weighted by Gasteiger charge is 2.71. The molecule has 4 aliphatic heterocycles. The summed E-state index contributed by atoms with van der Waals surface area (Å²) in [6, 6.07) is 0. The lowest BCUT2D eigenvalue weighted by molar-refractivity contribution is -0.379. The van der Waals surface area contributed by atoms with Gasteiger partial charge in [-0.2, -0.15) is 0 Å². The molecule has 0 unspecified atom stereocenters. The monoisotopic (exact) mass is 876 g/mol. The van der Waals surface area contributed by atoms with Crippen LogP contribution in [0.5, 0.6) is 0 Å². The van der Waals surface area contributed by atoms with Gasteiger partial charge in [-0.05, 0) is 93.0 Å². The Morgan fingerprint density at radius 1 is 0.689 bits per heavy atom. The largest absolute Gasteiger partial charge is 0.458 e. The minimum Gasteiger partial charge on any atom is -0.458 e. The van der Waals surface area contributed by atoms with Gasteiger partial charge in [0.25, 0.3) is 0 Å². The molecule has 7 fully saturated rings. The van der Waals surface area contributed by atoms with Gasteiger partial charge in [-0.25, -0.2) is 4.79 Å². The van der Waals surface area contributed by atoms with Crippen molar-refractivity contribution in [2.75, 3.05) is 26.4 Å². The lowest BCUT2D eigenvalue weighted by Gasteiger charge is -2.65. The number of aliphatic hydroxyl groups excluding tert-OH is 11. The maximum absolute atomic E-state index is 12.6. The van der Waals surface area contributed by atoms with Gasteiger partial charge in [0.2, 0.25) is 0 Å². The highest BCUT2D eigenvalue weighted by molar-refractivity contribution is 5.85. The maximum Gasteiger partial charge on any atom is 0.331 e. The molecule has 3 saturated heterocycles. The van der Waals surface area contributed by atoms with Crippen LogP contribution in [0.4, 0.5) is 0 Å². The number of cyclic esters (lactones) is 1. The van der Waals surface area contributed by atoms with E-state index in [1.165, 1.54) is 6.08 Å². The molecule has 0 amide bonds. The fraction of sp³-hybridized carbons (Fsp3) is 0.927. The van der Waals surface area contributed by atoms with Crippen LogP contribution in [0.15, 0.2) is 11.6 Å². The number of hydrogen-bond acceptors (Lipinski definition) is 20. The van der Waals surface area contributed by atoms with Gasteiger partial charge in [-0.15, -0.1) is 0 Å². The normalized spacial score (nSPS) is 55.0. The fourth-order valence-corrected chi connectivity index (χ4v) is 12.9. The minimum atomic E-state index is -1.88. The molecule has 0 bridgehead atoms. The lowest BCUT2D eigenvalue weighted by Crippen LogP contribution is -2.68. The average Bonchev–Trinajstić information content (AvgIpc) is 3.80. The van der Waals surface area contributed by atoms with Crippen LogP contribution >= 0.6 is 0 Å². The van der Waals surface area contributed by atoms with E-state index in [0.717, 1.165) is 5.57 Å².